The van der Waals surface area contributed by atoms with Crippen LogP contribution in [0.25, 0.3) is 0 Å². The second kappa shape index (κ2) is 6.47. The van der Waals surface area contributed by atoms with Gasteiger partial charge in [-0.25, -0.2) is 4.79 Å². The highest BCUT2D eigenvalue weighted by Gasteiger charge is 2.17. The highest BCUT2D eigenvalue weighted by Crippen LogP contribution is 2.34. The van der Waals surface area contributed by atoms with E-state index in [9.17, 15) is 4.79 Å². The monoisotopic (exact) mass is 280 g/mol. The molecule has 2 atom stereocenters. The maximum Gasteiger partial charge on any atom is 0.315 e. The van der Waals surface area contributed by atoms with E-state index in [1.165, 1.54) is 0 Å². The molecule has 0 saturated carbocycles. The van der Waals surface area contributed by atoms with Gasteiger partial charge in [-0.1, -0.05) is 6.07 Å². The molecule has 0 bridgehead atoms. The Kier molecular flexibility index (Phi) is 4.68. The number of rotatable bonds is 5. The number of nitrogens with one attached hydrogen (secondary N) is 2. The van der Waals surface area contributed by atoms with Crippen LogP contribution in [0.2, 0.25) is 0 Å². The summed E-state index contributed by atoms with van der Waals surface area (Å²) in [5.41, 5.74) is 0.962. The van der Waals surface area contributed by atoms with Gasteiger partial charge in [-0.05, 0) is 31.5 Å². The van der Waals surface area contributed by atoms with E-state index in [0.717, 1.165) is 11.3 Å². The second-order valence-electron chi connectivity index (χ2n) is 4.81. The zero-order valence-electron chi connectivity index (χ0n) is 11.9. The Bertz CT molecular complexity index is 478. The van der Waals surface area contributed by atoms with E-state index in [4.69, 9.17) is 14.2 Å². The summed E-state index contributed by atoms with van der Waals surface area (Å²) in [7, 11) is 1.60. The average molecular weight is 280 g/mol. The number of hydrogen-bond donors (Lipinski definition) is 2. The summed E-state index contributed by atoms with van der Waals surface area (Å²) >= 11 is 0. The predicted molar refractivity (Wildman–Crippen MR) is 74.0 cm³/mol. The fourth-order valence-electron chi connectivity index (χ4n) is 2.02. The Morgan fingerprint density at radius 3 is 2.80 bits per heavy atom. The first-order chi connectivity index (χ1) is 9.60. The summed E-state index contributed by atoms with van der Waals surface area (Å²) in [6.07, 6.45) is 0. The molecule has 2 N–H and O–H groups in total. The van der Waals surface area contributed by atoms with Crippen molar-refractivity contribution in [1.82, 2.24) is 10.6 Å². The quantitative estimate of drug-likeness (QED) is 0.863. The maximum absolute atomic E-state index is 11.8. The summed E-state index contributed by atoms with van der Waals surface area (Å²) in [5.74, 6) is 1.45. The molecule has 1 aromatic rings. The van der Waals surface area contributed by atoms with Crippen molar-refractivity contribution in [2.75, 3.05) is 20.5 Å². The third-order valence-electron chi connectivity index (χ3n) is 3.04. The SMILES string of the molecule is COCC(C)NC(=O)NC(C)c1ccc2c(c1)OCO2. The predicted octanol–water partition coefficient (Wildman–Crippen LogP) is 1.81. The average Bonchev–Trinajstić information content (AvgIpc) is 2.85. The van der Waals surface area contributed by atoms with E-state index in [1.807, 2.05) is 32.0 Å². The minimum atomic E-state index is -0.222. The van der Waals surface area contributed by atoms with Crippen LogP contribution < -0.4 is 20.1 Å². The molecule has 6 heteroatoms. The number of ether oxygens (including phenoxy) is 3. The second-order valence-corrected chi connectivity index (χ2v) is 4.81. The third kappa shape index (κ3) is 3.54. The highest BCUT2D eigenvalue weighted by atomic mass is 16.7. The molecule has 0 aliphatic carbocycles. The molecule has 1 aliphatic heterocycles. The zero-order valence-corrected chi connectivity index (χ0v) is 11.9. The van der Waals surface area contributed by atoms with Crippen molar-refractivity contribution in [3.63, 3.8) is 0 Å². The van der Waals surface area contributed by atoms with Crippen molar-refractivity contribution in [1.29, 1.82) is 0 Å². The number of carbonyl (C=O) groups excluding carboxylic acids is 1. The smallest absolute Gasteiger partial charge is 0.315 e. The van der Waals surface area contributed by atoms with Crippen LogP contribution >= 0.6 is 0 Å². The summed E-state index contributed by atoms with van der Waals surface area (Å²) in [6.45, 7) is 4.52. The third-order valence-corrected chi connectivity index (χ3v) is 3.04. The highest BCUT2D eigenvalue weighted by molar-refractivity contribution is 5.74. The maximum atomic E-state index is 11.8. The van der Waals surface area contributed by atoms with E-state index in [1.54, 1.807) is 7.11 Å². The summed E-state index contributed by atoms with van der Waals surface area (Å²) in [5, 5.41) is 5.68. The number of urea groups is 1. The van der Waals surface area contributed by atoms with Crippen molar-refractivity contribution < 1.29 is 19.0 Å². The molecule has 110 valence electrons. The van der Waals surface area contributed by atoms with Gasteiger partial charge in [-0.2, -0.15) is 0 Å². The number of fused-ring (bicyclic) bond motifs is 1. The normalized spacial score (nSPS) is 15.6. The Morgan fingerprint density at radius 2 is 2.05 bits per heavy atom. The fourth-order valence-corrected chi connectivity index (χ4v) is 2.02. The molecule has 1 aromatic carbocycles. The molecule has 2 amide bonds. The van der Waals surface area contributed by atoms with Crippen LogP contribution in [0.1, 0.15) is 25.5 Å². The molecular formula is C14H20N2O4. The number of hydrogen-bond acceptors (Lipinski definition) is 4. The van der Waals surface area contributed by atoms with Crippen LogP contribution in [0, 0.1) is 0 Å². The lowest BCUT2D eigenvalue weighted by atomic mass is 10.1. The molecule has 0 aromatic heterocycles. The number of amides is 2. The molecule has 1 aliphatic rings. The van der Waals surface area contributed by atoms with E-state index in [-0.39, 0.29) is 24.9 Å². The molecule has 0 fully saturated rings. The minimum absolute atomic E-state index is 0.0380. The van der Waals surface area contributed by atoms with Gasteiger partial charge in [0, 0.05) is 7.11 Å². The molecule has 0 spiro atoms. The van der Waals surface area contributed by atoms with E-state index in [2.05, 4.69) is 10.6 Å². The van der Waals surface area contributed by atoms with E-state index in [0.29, 0.717) is 12.4 Å². The fraction of sp³-hybridized carbons (Fsp3) is 0.500. The van der Waals surface area contributed by atoms with Gasteiger partial charge < -0.3 is 24.8 Å². The molecule has 2 rings (SSSR count). The van der Waals surface area contributed by atoms with Gasteiger partial charge >= 0.3 is 6.03 Å². The first-order valence-electron chi connectivity index (χ1n) is 6.55. The van der Waals surface area contributed by atoms with Gasteiger partial charge in [-0.15, -0.1) is 0 Å². The lowest BCUT2D eigenvalue weighted by Gasteiger charge is -2.18. The van der Waals surface area contributed by atoms with Crippen LogP contribution in [0.15, 0.2) is 18.2 Å². The Morgan fingerprint density at radius 1 is 1.30 bits per heavy atom. The molecule has 20 heavy (non-hydrogen) atoms. The molecule has 2 unspecified atom stereocenters. The Balaban J connectivity index is 1.91. The molecular weight excluding hydrogens is 260 g/mol. The van der Waals surface area contributed by atoms with Crippen molar-refractivity contribution in [3.8, 4) is 11.5 Å². The van der Waals surface area contributed by atoms with Crippen molar-refractivity contribution in [2.45, 2.75) is 25.9 Å². The van der Waals surface area contributed by atoms with Crippen molar-refractivity contribution >= 4 is 6.03 Å². The number of methoxy groups -OCH3 is 1. The lowest BCUT2D eigenvalue weighted by Crippen LogP contribution is -2.43. The van der Waals surface area contributed by atoms with Crippen molar-refractivity contribution in [3.05, 3.63) is 23.8 Å². The number of carbonyl (C=O) groups is 1. The first-order valence-corrected chi connectivity index (χ1v) is 6.55. The Hall–Kier alpha value is -1.95. The Labute approximate surface area is 118 Å². The van der Waals surface area contributed by atoms with Crippen molar-refractivity contribution in [2.24, 2.45) is 0 Å². The van der Waals surface area contributed by atoms with Gasteiger partial charge in [0.25, 0.3) is 0 Å². The van der Waals surface area contributed by atoms with Gasteiger partial charge in [0.1, 0.15) is 0 Å². The minimum Gasteiger partial charge on any atom is -0.454 e. The van der Waals surface area contributed by atoms with Gasteiger partial charge in [0.2, 0.25) is 6.79 Å². The summed E-state index contributed by atoms with van der Waals surface area (Å²) < 4.78 is 15.6. The molecule has 6 nitrogen and oxygen atoms in total. The lowest BCUT2D eigenvalue weighted by molar-refractivity contribution is 0.170. The number of benzene rings is 1. The largest absolute Gasteiger partial charge is 0.454 e. The van der Waals surface area contributed by atoms with Crippen LogP contribution in [0.3, 0.4) is 0 Å². The molecule has 0 saturated heterocycles. The zero-order chi connectivity index (χ0) is 14.5. The van der Waals surface area contributed by atoms with E-state index < -0.39 is 0 Å². The standard InChI is InChI=1S/C14H20N2O4/c1-9(7-18-3)15-14(17)16-10(2)11-4-5-12-13(6-11)20-8-19-12/h4-6,9-10H,7-8H2,1-3H3,(H2,15,16,17). The van der Waals surface area contributed by atoms with Gasteiger partial charge in [-0.3, -0.25) is 0 Å². The molecule has 0 radical (unpaired) electrons. The summed E-state index contributed by atoms with van der Waals surface area (Å²) in [4.78, 5) is 11.8. The van der Waals surface area contributed by atoms with Gasteiger partial charge in [0.15, 0.2) is 11.5 Å². The summed E-state index contributed by atoms with van der Waals surface area (Å²) in [6, 6.07) is 5.26. The van der Waals surface area contributed by atoms with Crippen LogP contribution in [0.5, 0.6) is 11.5 Å². The van der Waals surface area contributed by atoms with Crippen LogP contribution in [0.4, 0.5) is 4.79 Å². The topological polar surface area (TPSA) is 68.8 Å². The first kappa shape index (κ1) is 14.5. The van der Waals surface area contributed by atoms with Crippen LogP contribution in [-0.2, 0) is 4.74 Å². The van der Waals surface area contributed by atoms with Gasteiger partial charge in [0.05, 0.1) is 18.7 Å². The van der Waals surface area contributed by atoms with E-state index >= 15 is 0 Å². The van der Waals surface area contributed by atoms with Crippen LogP contribution in [-0.4, -0.2) is 32.6 Å². The molecule has 1 heterocycles.